The number of aromatic hydroxyl groups is 1. The first-order valence-electron chi connectivity index (χ1n) is 6.62. The van der Waals surface area contributed by atoms with E-state index in [-0.39, 0.29) is 32.8 Å². The average molecular weight is 354 g/mol. The first-order valence-corrected chi connectivity index (χ1v) is 7.38. The molecule has 23 heavy (non-hydrogen) atoms. The van der Waals surface area contributed by atoms with Crippen LogP contribution in [0.1, 0.15) is 23.0 Å². The van der Waals surface area contributed by atoms with Gasteiger partial charge in [-0.3, -0.25) is 9.78 Å². The van der Waals surface area contributed by atoms with Crippen LogP contribution >= 0.6 is 23.2 Å². The number of hydrogen-bond donors (Lipinski definition) is 2. The number of nitrogens with zero attached hydrogens (tertiary/aromatic N) is 2. The average Bonchev–Trinajstić information content (AvgIpc) is 2.56. The van der Waals surface area contributed by atoms with Gasteiger partial charge in [0.25, 0.3) is 5.91 Å². The van der Waals surface area contributed by atoms with Crippen molar-refractivity contribution in [1.82, 2.24) is 10.4 Å². The molecule has 0 aliphatic rings. The number of halogens is 2. The fourth-order valence-electron chi connectivity index (χ4n) is 1.71. The molecule has 1 amide bonds. The van der Waals surface area contributed by atoms with Crippen molar-refractivity contribution in [2.45, 2.75) is 6.92 Å². The van der Waals surface area contributed by atoms with Gasteiger partial charge < -0.3 is 9.84 Å². The zero-order valence-corrected chi connectivity index (χ0v) is 13.6. The van der Waals surface area contributed by atoms with Crippen LogP contribution in [0.4, 0.5) is 0 Å². The number of aromatic nitrogens is 1. The van der Waals surface area contributed by atoms with Gasteiger partial charge in [-0.25, -0.2) is 5.43 Å². The summed E-state index contributed by atoms with van der Waals surface area (Å²) in [5.74, 6) is -0.527. The zero-order chi connectivity index (χ0) is 16.8. The van der Waals surface area contributed by atoms with Crippen LogP contribution in [-0.2, 0) is 0 Å². The molecule has 2 aromatic rings. The summed E-state index contributed by atoms with van der Waals surface area (Å²) in [5.41, 5.74) is 2.64. The third-order valence-corrected chi connectivity index (χ3v) is 3.55. The van der Waals surface area contributed by atoms with Crippen LogP contribution in [0.2, 0.25) is 10.0 Å². The highest BCUT2D eigenvalue weighted by molar-refractivity contribution is 6.43. The van der Waals surface area contributed by atoms with E-state index in [0.717, 1.165) is 0 Å². The Balaban J connectivity index is 2.21. The lowest BCUT2D eigenvalue weighted by atomic mass is 10.2. The highest BCUT2D eigenvalue weighted by Crippen LogP contribution is 2.39. The SMILES string of the molecule is CCOc1cc(Cl)c(Cl)c(/C=N/NC(=O)c2ccccn2)c1O. The van der Waals surface area contributed by atoms with Crippen LogP contribution in [-0.4, -0.2) is 28.8 Å². The largest absolute Gasteiger partial charge is 0.504 e. The summed E-state index contributed by atoms with van der Waals surface area (Å²) in [6.45, 7) is 2.11. The number of ether oxygens (including phenoxy) is 1. The molecule has 0 saturated heterocycles. The Hall–Kier alpha value is -2.31. The van der Waals surface area contributed by atoms with Crippen LogP contribution in [0.15, 0.2) is 35.6 Å². The van der Waals surface area contributed by atoms with E-state index in [1.54, 1.807) is 25.1 Å². The number of phenols is 1. The van der Waals surface area contributed by atoms with Gasteiger partial charge in [-0.05, 0) is 19.1 Å². The molecule has 0 bridgehead atoms. The molecule has 2 N–H and O–H groups in total. The Morgan fingerprint density at radius 3 is 2.91 bits per heavy atom. The summed E-state index contributed by atoms with van der Waals surface area (Å²) in [7, 11) is 0. The second-order valence-corrected chi connectivity index (χ2v) is 5.07. The molecule has 0 spiro atoms. The topological polar surface area (TPSA) is 83.8 Å². The van der Waals surface area contributed by atoms with Crippen molar-refractivity contribution in [1.29, 1.82) is 0 Å². The highest BCUT2D eigenvalue weighted by atomic mass is 35.5. The Morgan fingerprint density at radius 2 is 2.26 bits per heavy atom. The second-order valence-electron chi connectivity index (χ2n) is 4.28. The monoisotopic (exact) mass is 353 g/mol. The van der Waals surface area contributed by atoms with Crippen LogP contribution in [0, 0.1) is 0 Å². The number of amides is 1. The maximum atomic E-state index is 11.8. The summed E-state index contributed by atoms with van der Waals surface area (Å²) in [4.78, 5) is 15.7. The molecular weight excluding hydrogens is 341 g/mol. The van der Waals surface area contributed by atoms with Crippen LogP contribution in [0.25, 0.3) is 0 Å². The van der Waals surface area contributed by atoms with Gasteiger partial charge in [0.05, 0.1) is 28.4 Å². The summed E-state index contributed by atoms with van der Waals surface area (Å²) in [6.07, 6.45) is 2.68. The molecule has 2 rings (SSSR count). The van der Waals surface area contributed by atoms with Gasteiger partial charge in [0.1, 0.15) is 5.69 Å². The molecule has 0 radical (unpaired) electrons. The lowest BCUT2D eigenvalue weighted by Crippen LogP contribution is -2.18. The van der Waals surface area contributed by atoms with E-state index in [4.69, 9.17) is 27.9 Å². The molecule has 1 aromatic heterocycles. The van der Waals surface area contributed by atoms with Gasteiger partial charge in [0.15, 0.2) is 11.5 Å². The summed E-state index contributed by atoms with van der Waals surface area (Å²) < 4.78 is 5.26. The molecule has 0 aliphatic heterocycles. The minimum absolute atomic E-state index is 0.100. The van der Waals surface area contributed by atoms with Gasteiger partial charge >= 0.3 is 0 Å². The van der Waals surface area contributed by atoms with E-state index in [1.807, 2.05) is 0 Å². The second kappa shape index (κ2) is 7.80. The van der Waals surface area contributed by atoms with Gasteiger partial charge in [-0.1, -0.05) is 29.3 Å². The quantitative estimate of drug-likeness (QED) is 0.638. The van der Waals surface area contributed by atoms with E-state index < -0.39 is 5.91 Å². The Bertz CT molecular complexity index is 736. The Labute approximate surface area is 142 Å². The van der Waals surface area contributed by atoms with E-state index >= 15 is 0 Å². The molecule has 1 aromatic carbocycles. The Morgan fingerprint density at radius 1 is 1.48 bits per heavy atom. The number of phenolic OH excluding ortho intramolecular Hbond substituents is 1. The normalized spacial score (nSPS) is 10.7. The molecule has 1 heterocycles. The van der Waals surface area contributed by atoms with Gasteiger partial charge in [-0.15, -0.1) is 0 Å². The summed E-state index contributed by atoms with van der Waals surface area (Å²) in [6, 6.07) is 6.33. The molecule has 0 saturated carbocycles. The number of carbonyl (C=O) groups is 1. The van der Waals surface area contributed by atoms with E-state index in [2.05, 4.69) is 15.5 Å². The van der Waals surface area contributed by atoms with E-state index in [0.29, 0.717) is 6.61 Å². The number of nitrogens with one attached hydrogen (secondary N) is 1. The van der Waals surface area contributed by atoms with E-state index in [9.17, 15) is 9.90 Å². The minimum Gasteiger partial charge on any atom is -0.504 e. The van der Waals surface area contributed by atoms with Crippen molar-refractivity contribution in [2.75, 3.05) is 6.61 Å². The molecule has 0 unspecified atom stereocenters. The van der Waals surface area contributed by atoms with E-state index in [1.165, 1.54) is 18.5 Å². The van der Waals surface area contributed by atoms with Crippen molar-refractivity contribution in [2.24, 2.45) is 5.10 Å². The maximum absolute atomic E-state index is 11.8. The van der Waals surface area contributed by atoms with Crippen LogP contribution < -0.4 is 10.2 Å². The molecule has 120 valence electrons. The lowest BCUT2D eigenvalue weighted by molar-refractivity contribution is 0.0950. The van der Waals surface area contributed by atoms with Crippen LogP contribution in [0.5, 0.6) is 11.5 Å². The lowest BCUT2D eigenvalue weighted by Gasteiger charge is -2.10. The summed E-state index contributed by atoms with van der Waals surface area (Å²) in [5, 5.41) is 14.2. The zero-order valence-electron chi connectivity index (χ0n) is 12.1. The molecule has 6 nitrogen and oxygen atoms in total. The minimum atomic E-state index is -0.496. The smallest absolute Gasteiger partial charge is 0.289 e. The number of carbonyl (C=O) groups excluding carboxylic acids is 1. The molecule has 8 heteroatoms. The number of hydrogen-bond acceptors (Lipinski definition) is 5. The van der Waals surface area contributed by atoms with Crippen molar-refractivity contribution < 1.29 is 14.6 Å². The van der Waals surface area contributed by atoms with Gasteiger partial charge in [-0.2, -0.15) is 5.10 Å². The first-order chi connectivity index (χ1) is 11.0. The Kier molecular flexibility index (Phi) is 5.78. The summed E-state index contributed by atoms with van der Waals surface area (Å²) >= 11 is 12.0. The number of hydrazone groups is 1. The van der Waals surface area contributed by atoms with Gasteiger partial charge in [0, 0.05) is 12.3 Å². The standard InChI is InChI=1S/C15H13Cl2N3O3/c1-2-23-12-7-10(16)13(17)9(14(12)21)8-19-20-15(22)11-5-3-4-6-18-11/h3-8,21H,2H2,1H3,(H,20,22)/b19-8+. The number of rotatable bonds is 5. The van der Waals surface area contributed by atoms with Crippen molar-refractivity contribution >= 4 is 35.3 Å². The predicted molar refractivity (Wildman–Crippen MR) is 88.6 cm³/mol. The fraction of sp³-hybridized carbons (Fsp3) is 0.133. The highest BCUT2D eigenvalue weighted by Gasteiger charge is 2.15. The third kappa shape index (κ3) is 4.12. The molecule has 0 fully saturated rings. The first kappa shape index (κ1) is 17.1. The fourth-order valence-corrected chi connectivity index (χ4v) is 2.10. The number of benzene rings is 1. The van der Waals surface area contributed by atoms with Crippen molar-refractivity contribution in [3.05, 3.63) is 51.8 Å². The third-order valence-electron chi connectivity index (χ3n) is 2.75. The maximum Gasteiger partial charge on any atom is 0.289 e. The van der Waals surface area contributed by atoms with Crippen LogP contribution in [0.3, 0.4) is 0 Å². The molecule has 0 aliphatic carbocycles. The predicted octanol–water partition coefficient (Wildman–Crippen LogP) is 3.26. The van der Waals surface area contributed by atoms with Gasteiger partial charge in [0.2, 0.25) is 0 Å². The molecule has 0 atom stereocenters. The van der Waals surface area contributed by atoms with Crippen molar-refractivity contribution in [3.8, 4) is 11.5 Å². The molecular formula is C15H13Cl2N3O3. The van der Waals surface area contributed by atoms with Crippen molar-refractivity contribution in [3.63, 3.8) is 0 Å². The number of pyridine rings is 1.